The molecular formula is C34H49ClN2. The van der Waals surface area contributed by atoms with Crippen LogP contribution in [0.25, 0.3) is 0 Å². The summed E-state index contributed by atoms with van der Waals surface area (Å²) >= 11 is 4.64. The minimum Gasteiger partial charge on any atom is -0.364 e. The number of allylic oxidation sites excluding steroid dienone is 3. The maximum absolute atomic E-state index is 4.64. The number of halogens is 1. The van der Waals surface area contributed by atoms with Gasteiger partial charge in [-0.05, 0) is 54.0 Å². The van der Waals surface area contributed by atoms with E-state index in [0.717, 1.165) is 13.1 Å². The van der Waals surface area contributed by atoms with Crippen LogP contribution in [-0.4, -0.2) is 25.5 Å². The molecule has 3 heteroatoms. The molecule has 0 aromatic heterocycles. The van der Waals surface area contributed by atoms with E-state index >= 15 is 0 Å². The van der Waals surface area contributed by atoms with Crippen molar-refractivity contribution in [1.82, 2.24) is 0 Å². The van der Waals surface area contributed by atoms with Crippen molar-refractivity contribution in [2.24, 2.45) is 11.8 Å². The summed E-state index contributed by atoms with van der Waals surface area (Å²) < 4.78 is 0. The number of benzene rings is 2. The first-order valence-electron chi connectivity index (χ1n) is 14.0. The zero-order valence-electron chi connectivity index (χ0n) is 24.7. The minimum absolute atomic E-state index is 0.00337. The number of fused-ring (bicyclic) bond motifs is 2. The molecule has 0 amide bonds. The monoisotopic (exact) mass is 520 g/mol. The molecule has 0 aliphatic carbocycles. The Morgan fingerprint density at radius 1 is 0.784 bits per heavy atom. The van der Waals surface area contributed by atoms with Crippen LogP contribution in [0.1, 0.15) is 79.4 Å². The molecule has 2 aliphatic rings. The summed E-state index contributed by atoms with van der Waals surface area (Å²) in [5.74, 6) is 1.39. The summed E-state index contributed by atoms with van der Waals surface area (Å²) in [5.41, 5.74) is 7.20. The zero-order valence-corrected chi connectivity index (χ0v) is 25.4. The first kappa shape index (κ1) is 29.4. The first-order chi connectivity index (χ1) is 17.5. The topological polar surface area (TPSA) is 6.48 Å². The summed E-state index contributed by atoms with van der Waals surface area (Å²) in [5, 5.41) is 0. The molecule has 0 fully saturated rings. The molecule has 0 spiro atoms. The van der Waals surface area contributed by atoms with E-state index in [1.807, 2.05) is 0 Å². The van der Waals surface area contributed by atoms with Crippen LogP contribution in [0.5, 0.6) is 0 Å². The molecule has 2 nitrogen and oxygen atoms in total. The molecule has 2 aromatic carbocycles. The highest BCUT2D eigenvalue weighted by molar-refractivity contribution is 6.15. The van der Waals surface area contributed by atoms with E-state index in [-0.39, 0.29) is 10.8 Å². The van der Waals surface area contributed by atoms with Gasteiger partial charge in [0, 0.05) is 47.4 Å². The van der Waals surface area contributed by atoms with Gasteiger partial charge in [0.05, 0.1) is 6.04 Å². The van der Waals surface area contributed by atoms with Crippen LogP contribution < -0.4 is 9.80 Å². The van der Waals surface area contributed by atoms with Crippen molar-refractivity contribution in [2.75, 3.05) is 29.3 Å². The maximum atomic E-state index is 4.64. The van der Waals surface area contributed by atoms with Crippen LogP contribution in [0.4, 0.5) is 11.4 Å². The van der Waals surface area contributed by atoms with Crippen molar-refractivity contribution in [1.29, 1.82) is 0 Å². The van der Waals surface area contributed by atoms with Gasteiger partial charge < -0.3 is 9.80 Å². The van der Waals surface area contributed by atoms with Crippen molar-refractivity contribution in [3.05, 3.63) is 83.6 Å². The highest BCUT2D eigenvalue weighted by Crippen LogP contribution is 2.48. The van der Waals surface area contributed by atoms with E-state index < -0.39 is 0 Å². The molecule has 37 heavy (non-hydrogen) atoms. The quantitative estimate of drug-likeness (QED) is 0.320. The highest BCUT2D eigenvalue weighted by atomic mass is 35.5. The van der Waals surface area contributed by atoms with Crippen LogP contribution in [0.2, 0.25) is 0 Å². The number of hydrogen-bond acceptors (Lipinski definition) is 2. The van der Waals surface area contributed by atoms with Crippen molar-refractivity contribution in [3.8, 4) is 0 Å². The second-order valence-electron chi connectivity index (χ2n) is 12.5. The third-order valence-electron chi connectivity index (χ3n) is 8.21. The smallest absolute Gasteiger partial charge is 0.0568 e. The highest BCUT2D eigenvalue weighted by Gasteiger charge is 2.43. The van der Waals surface area contributed by atoms with Crippen molar-refractivity contribution in [2.45, 2.75) is 85.1 Å². The van der Waals surface area contributed by atoms with Gasteiger partial charge >= 0.3 is 0 Å². The Bertz CT molecular complexity index is 1090. The molecule has 1 unspecified atom stereocenters. The van der Waals surface area contributed by atoms with Gasteiger partial charge in [0.15, 0.2) is 0 Å². The van der Waals surface area contributed by atoms with Crippen molar-refractivity contribution < 1.29 is 0 Å². The summed E-state index contributed by atoms with van der Waals surface area (Å²) in [6, 6.07) is 18.4. The zero-order chi connectivity index (χ0) is 27.4. The molecule has 0 saturated carbocycles. The lowest BCUT2D eigenvalue weighted by Crippen LogP contribution is -2.40. The normalized spacial score (nSPS) is 20.5. The van der Waals surface area contributed by atoms with Gasteiger partial charge in [-0.15, -0.1) is 11.6 Å². The second-order valence-corrected chi connectivity index (χ2v) is 12.5. The average Bonchev–Trinajstić information content (AvgIpc) is 3.22. The minimum atomic E-state index is 0.00337. The standard InChI is InChI=1S/C33H46N2.CH3Cl/c1-24(2)20-22-34-28-16-11-9-14-26(28)32(5,6)30(34)18-13-19-31-33(7,8)27-15-10-12-17-29(27)35(31)23-21-25(3)4;1-2/h9-19,24-25,30H,20-23H2,1-8H3;1H3/b18-13+,31-19+;. The molecule has 0 N–H and O–H groups in total. The maximum Gasteiger partial charge on any atom is 0.0568 e. The fourth-order valence-electron chi connectivity index (χ4n) is 5.99. The van der Waals surface area contributed by atoms with Gasteiger partial charge in [-0.2, -0.15) is 0 Å². The average molecular weight is 521 g/mol. The first-order valence-corrected chi connectivity index (χ1v) is 14.8. The summed E-state index contributed by atoms with van der Waals surface area (Å²) in [6.07, 6.45) is 11.1. The van der Waals surface area contributed by atoms with Gasteiger partial charge in [0.2, 0.25) is 0 Å². The van der Waals surface area contributed by atoms with E-state index in [0.29, 0.717) is 17.9 Å². The Labute approximate surface area is 232 Å². The molecule has 0 saturated heterocycles. The Hall–Kier alpha value is -2.19. The Morgan fingerprint density at radius 3 is 1.95 bits per heavy atom. The fraction of sp³-hybridized carbons (Fsp3) is 0.529. The molecular weight excluding hydrogens is 472 g/mol. The van der Waals surface area contributed by atoms with Crippen molar-refractivity contribution in [3.63, 3.8) is 0 Å². The SMILES string of the molecule is CC(C)CCN1/C(=C/C=C/C2N(CCC(C)C)c3ccccc3C2(C)C)C(C)(C)c2ccccc21.CCl. The van der Waals surface area contributed by atoms with E-state index in [1.165, 1.54) is 47.4 Å². The Morgan fingerprint density at radius 2 is 1.32 bits per heavy atom. The summed E-state index contributed by atoms with van der Waals surface area (Å²) in [6.45, 7) is 21.0. The number of para-hydroxylation sites is 2. The van der Waals surface area contributed by atoms with Crippen LogP contribution >= 0.6 is 11.6 Å². The van der Waals surface area contributed by atoms with Gasteiger partial charge in [0.1, 0.15) is 0 Å². The van der Waals surface area contributed by atoms with Gasteiger partial charge in [0.25, 0.3) is 0 Å². The van der Waals surface area contributed by atoms with Gasteiger partial charge in [-0.1, -0.05) is 104 Å². The predicted octanol–water partition coefficient (Wildman–Crippen LogP) is 9.34. The predicted molar refractivity (Wildman–Crippen MR) is 165 cm³/mol. The molecule has 202 valence electrons. The summed E-state index contributed by atoms with van der Waals surface area (Å²) in [7, 11) is 0. The number of rotatable bonds is 8. The van der Waals surface area contributed by atoms with Crippen LogP contribution in [0, 0.1) is 11.8 Å². The van der Waals surface area contributed by atoms with E-state index in [4.69, 9.17) is 0 Å². The molecule has 2 heterocycles. The van der Waals surface area contributed by atoms with Crippen LogP contribution in [0.15, 0.2) is 72.5 Å². The molecule has 4 rings (SSSR count). The molecule has 2 aromatic rings. The van der Waals surface area contributed by atoms with Crippen molar-refractivity contribution >= 4 is 23.0 Å². The number of anilines is 2. The third-order valence-corrected chi connectivity index (χ3v) is 8.21. The molecule has 0 bridgehead atoms. The summed E-state index contributed by atoms with van der Waals surface area (Å²) in [4.78, 5) is 5.22. The lowest BCUT2D eigenvalue weighted by Gasteiger charge is -2.33. The Kier molecular flexibility index (Phi) is 9.62. The Balaban J connectivity index is 0.00000186. The van der Waals surface area contributed by atoms with Crippen LogP contribution in [-0.2, 0) is 10.8 Å². The van der Waals surface area contributed by atoms with E-state index in [1.54, 1.807) is 0 Å². The van der Waals surface area contributed by atoms with Crippen LogP contribution in [0.3, 0.4) is 0 Å². The molecule has 2 aliphatic heterocycles. The van der Waals surface area contributed by atoms with E-state index in [9.17, 15) is 0 Å². The molecule has 0 radical (unpaired) electrons. The van der Waals surface area contributed by atoms with Gasteiger partial charge in [-0.3, -0.25) is 0 Å². The lowest BCUT2D eigenvalue weighted by atomic mass is 9.80. The third kappa shape index (κ3) is 5.95. The van der Waals surface area contributed by atoms with Gasteiger partial charge in [-0.25, -0.2) is 0 Å². The number of alkyl halides is 1. The largest absolute Gasteiger partial charge is 0.364 e. The van der Waals surface area contributed by atoms with E-state index in [2.05, 4.69) is 144 Å². The number of hydrogen-bond donors (Lipinski definition) is 0. The second kappa shape index (κ2) is 12.1. The number of nitrogens with zero attached hydrogens (tertiary/aromatic N) is 2. The molecule has 1 atom stereocenters. The fourth-order valence-corrected chi connectivity index (χ4v) is 5.99. The lowest BCUT2D eigenvalue weighted by molar-refractivity contribution is 0.460.